The lowest BCUT2D eigenvalue weighted by Gasteiger charge is -2.09. The molecule has 0 bridgehead atoms. The molecule has 0 aliphatic rings. The van der Waals surface area contributed by atoms with Crippen LogP contribution in [0.15, 0.2) is 59.3 Å². The van der Waals surface area contributed by atoms with Crippen molar-refractivity contribution in [3.8, 4) is 17.1 Å². The molecule has 2 heterocycles. The van der Waals surface area contributed by atoms with Crippen molar-refractivity contribution in [3.05, 3.63) is 71.5 Å². The van der Waals surface area contributed by atoms with Gasteiger partial charge in [-0.05, 0) is 12.1 Å². The summed E-state index contributed by atoms with van der Waals surface area (Å²) < 4.78 is 29.2. The lowest BCUT2D eigenvalue weighted by molar-refractivity contribution is 0.0567. The van der Waals surface area contributed by atoms with E-state index in [9.17, 15) is 14.0 Å². The third kappa shape index (κ3) is 4.44. The third-order valence-corrected chi connectivity index (χ3v) is 5.09. The number of halogens is 2. The highest BCUT2D eigenvalue weighted by Gasteiger charge is 2.24. The summed E-state index contributed by atoms with van der Waals surface area (Å²) >= 11 is 6.16. The number of hydrogen-bond donors (Lipinski definition) is 2. The van der Waals surface area contributed by atoms with E-state index in [1.165, 1.54) is 32.5 Å². The molecule has 168 valence electrons. The van der Waals surface area contributed by atoms with Crippen molar-refractivity contribution in [3.63, 3.8) is 0 Å². The van der Waals surface area contributed by atoms with Crippen LogP contribution in [0.2, 0.25) is 5.02 Å². The number of amides is 2. The number of carbonyl (C=O) groups is 2. The van der Waals surface area contributed by atoms with Crippen molar-refractivity contribution in [2.45, 2.75) is 0 Å². The maximum absolute atomic E-state index is 13.9. The number of aromatic nitrogens is 1. The molecule has 2 aromatic carbocycles. The molecule has 10 heteroatoms. The zero-order valence-electron chi connectivity index (χ0n) is 17.4. The van der Waals surface area contributed by atoms with Gasteiger partial charge in [0.05, 0.1) is 36.8 Å². The maximum atomic E-state index is 13.9. The number of esters is 1. The number of urea groups is 1. The van der Waals surface area contributed by atoms with E-state index in [1.807, 2.05) is 24.3 Å². The van der Waals surface area contributed by atoms with Gasteiger partial charge in [0.2, 0.25) is 5.76 Å². The molecule has 33 heavy (non-hydrogen) atoms. The first kappa shape index (κ1) is 22.1. The molecule has 0 spiro atoms. The van der Waals surface area contributed by atoms with E-state index < -0.39 is 17.8 Å². The summed E-state index contributed by atoms with van der Waals surface area (Å²) in [4.78, 5) is 29.1. The second-order valence-electron chi connectivity index (χ2n) is 6.80. The Bertz CT molecular complexity index is 1370. The van der Waals surface area contributed by atoms with Crippen LogP contribution in [-0.4, -0.2) is 31.2 Å². The number of carbonyl (C=O) groups excluding carboxylic acids is 2. The summed E-state index contributed by atoms with van der Waals surface area (Å²) in [5.41, 5.74) is 0.758. The number of pyridine rings is 1. The molecule has 0 fully saturated rings. The van der Waals surface area contributed by atoms with E-state index in [4.69, 9.17) is 25.5 Å². The number of benzene rings is 2. The van der Waals surface area contributed by atoms with Crippen molar-refractivity contribution < 1.29 is 27.9 Å². The Kier molecular flexibility index (Phi) is 6.14. The molecule has 2 amide bonds. The van der Waals surface area contributed by atoms with Crippen molar-refractivity contribution in [1.82, 2.24) is 4.98 Å². The van der Waals surface area contributed by atoms with E-state index >= 15 is 0 Å². The molecule has 0 unspecified atom stereocenters. The molecule has 4 rings (SSSR count). The fraction of sp³-hybridized carbons (Fsp3) is 0.0870. The average molecular weight is 470 g/mol. The summed E-state index contributed by atoms with van der Waals surface area (Å²) in [6, 6.07) is 10.5. The summed E-state index contributed by atoms with van der Waals surface area (Å²) in [7, 11) is 2.47. The predicted molar refractivity (Wildman–Crippen MR) is 121 cm³/mol. The Hall–Kier alpha value is -4.11. The van der Waals surface area contributed by atoms with Crippen LogP contribution in [0.25, 0.3) is 22.1 Å². The van der Waals surface area contributed by atoms with Crippen LogP contribution in [0, 0.1) is 5.82 Å². The highest BCUT2D eigenvalue weighted by Crippen LogP contribution is 2.37. The largest absolute Gasteiger partial charge is 0.494 e. The van der Waals surface area contributed by atoms with Crippen LogP contribution < -0.4 is 15.4 Å². The van der Waals surface area contributed by atoms with E-state index in [1.54, 1.807) is 6.20 Å². The molecule has 2 N–H and O–H groups in total. The fourth-order valence-corrected chi connectivity index (χ4v) is 3.47. The van der Waals surface area contributed by atoms with Crippen LogP contribution >= 0.6 is 11.6 Å². The quantitative estimate of drug-likeness (QED) is 0.362. The smallest absolute Gasteiger partial charge is 0.376 e. The standard InChI is InChI=1S/C23H17ClFN3O5/c1-31-20-7-14(15(24)8-16(20)25)19-9-17(21(33-19)22(29)32-2)27-23(30)28-18-11-26-10-12-5-3-4-6-13(12)18/h3-11H,1-2H3,(H2,27,28,30). The molecule has 0 aliphatic heterocycles. The van der Waals surface area contributed by atoms with Crippen molar-refractivity contribution in [2.24, 2.45) is 0 Å². The summed E-state index contributed by atoms with van der Waals surface area (Å²) in [6.07, 6.45) is 3.19. The first-order valence-electron chi connectivity index (χ1n) is 9.57. The number of furan rings is 1. The maximum Gasteiger partial charge on any atom is 0.376 e. The van der Waals surface area contributed by atoms with Gasteiger partial charge in [0, 0.05) is 28.6 Å². The Morgan fingerprint density at radius 1 is 1.06 bits per heavy atom. The van der Waals surface area contributed by atoms with E-state index in [0.717, 1.165) is 16.8 Å². The van der Waals surface area contributed by atoms with Crippen LogP contribution in [0.1, 0.15) is 10.6 Å². The zero-order chi connectivity index (χ0) is 23.5. The Labute approximate surface area is 192 Å². The van der Waals surface area contributed by atoms with Gasteiger partial charge in [-0.25, -0.2) is 14.0 Å². The molecule has 0 radical (unpaired) electrons. The van der Waals surface area contributed by atoms with Crippen molar-refractivity contribution in [1.29, 1.82) is 0 Å². The van der Waals surface area contributed by atoms with Gasteiger partial charge in [0.15, 0.2) is 11.6 Å². The second kappa shape index (κ2) is 9.17. The van der Waals surface area contributed by atoms with E-state index in [0.29, 0.717) is 5.69 Å². The Balaban J connectivity index is 1.67. The van der Waals surface area contributed by atoms with Crippen molar-refractivity contribution in [2.75, 3.05) is 24.9 Å². The van der Waals surface area contributed by atoms with Gasteiger partial charge in [-0.2, -0.15) is 0 Å². The molecule has 0 saturated heterocycles. The average Bonchev–Trinajstić information content (AvgIpc) is 3.22. The number of fused-ring (bicyclic) bond motifs is 1. The van der Waals surface area contributed by atoms with Gasteiger partial charge in [0.25, 0.3) is 0 Å². The molecule has 0 saturated carbocycles. The molecule has 8 nitrogen and oxygen atoms in total. The van der Waals surface area contributed by atoms with Gasteiger partial charge in [-0.1, -0.05) is 35.9 Å². The monoisotopic (exact) mass is 469 g/mol. The molecular formula is C23H17ClFN3O5. The number of anilines is 2. The fourth-order valence-electron chi connectivity index (χ4n) is 3.23. The van der Waals surface area contributed by atoms with Gasteiger partial charge >= 0.3 is 12.0 Å². The minimum atomic E-state index is -0.825. The van der Waals surface area contributed by atoms with Gasteiger partial charge in [-0.3, -0.25) is 4.98 Å². The SMILES string of the molecule is COC(=O)c1oc(-c2cc(OC)c(F)cc2Cl)cc1NC(=O)Nc1cncc2ccccc12. The Morgan fingerprint density at radius 2 is 1.82 bits per heavy atom. The number of methoxy groups -OCH3 is 2. The number of nitrogens with one attached hydrogen (secondary N) is 2. The molecule has 0 atom stereocenters. The Morgan fingerprint density at radius 3 is 2.58 bits per heavy atom. The second-order valence-corrected chi connectivity index (χ2v) is 7.21. The van der Waals surface area contributed by atoms with Crippen molar-refractivity contribution >= 4 is 45.7 Å². The number of nitrogens with zero attached hydrogens (tertiary/aromatic N) is 1. The molecule has 0 aliphatic carbocycles. The molecule has 2 aromatic heterocycles. The van der Waals surface area contributed by atoms with Gasteiger partial charge < -0.3 is 24.5 Å². The van der Waals surface area contributed by atoms with Crippen LogP contribution in [0.5, 0.6) is 5.75 Å². The highest BCUT2D eigenvalue weighted by molar-refractivity contribution is 6.33. The summed E-state index contributed by atoms with van der Waals surface area (Å²) in [6.45, 7) is 0. The third-order valence-electron chi connectivity index (χ3n) is 4.77. The number of rotatable bonds is 5. The lowest BCUT2D eigenvalue weighted by atomic mass is 10.1. The number of ether oxygens (including phenoxy) is 2. The minimum Gasteiger partial charge on any atom is -0.494 e. The number of hydrogen-bond acceptors (Lipinski definition) is 6. The van der Waals surface area contributed by atoms with Crippen LogP contribution in [-0.2, 0) is 4.74 Å². The minimum absolute atomic E-state index is 0.0243. The van der Waals surface area contributed by atoms with Crippen LogP contribution in [0.3, 0.4) is 0 Å². The molecular weight excluding hydrogens is 453 g/mol. The predicted octanol–water partition coefficient (Wildman–Crippen LogP) is 5.73. The van der Waals surface area contributed by atoms with E-state index in [2.05, 4.69) is 15.6 Å². The highest BCUT2D eigenvalue weighted by atomic mass is 35.5. The first-order valence-corrected chi connectivity index (χ1v) is 9.95. The topological polar surface area (TPSA) is 103 Å². The normalized spacial score (nSPS) is 10.7. The first-order chi connectivity index (χ1) is 15.9. The zero-order valence-corrected chi connectivity index (χ0v) is 18.2. The van der Waals surface area contributed by atoms with E-state index in [-0.39, 0.29) is 33.5 Å². The lowest BCUT2D eigenvalue weighted by Crippen LogP contribution is -2.20. The van der Waals surface area contributed by atoms with Gasteiger partial charge in [-0.15, -0.1) is 0 Å². The van der Waals surface area contributed by atoms with Gasteiger partial charge in [0.1, 0.15) is 5.76 Å². The summed E-state index contributed by atoms with van der Waals surface area (Å²) in [5.74, 6) is -1.72. The molecule has 4 aromatic rings. The van der Waals surface area contributed by atoms with Crippen LogP contribution in [0.4, 0.5) is 20.6 Å². The summed E-state index contributed by atoms with van der Waals surface area (Å²) in [5, 5.41) is 6.92.